The van der Waals surface area contributed by atoms with Gasteiger partial charge in [-0.05, 0) is 38.3 Å². The molecule has 0 fully saturated rings. The molecule has 7 nitrogen and oxygen atoms in total. The SMILES string of the molecule is CCOCCCNC(=NCc1nnc(C)n1C)N(C)Cc1ccccc1C. The fourth-order valence-electron chi connectivity index (χ4n) is 2.68. The second-order valence-electron chi connectivity index (χ2n) is 6.62. The summed E-state index contributed by atoms with van der Waals surface area (Å²) in [6.07, 6.45) is 0.939. The van der Waals surface area contributed by atoms with Crippen molar-refractivity contribution < 1.29 is 4.74 Å². The summed E-state index contributed by atoms with van der Waals surface area (Å²) < 4.78 is 7.39. The lowest BCUT2D eigenvalue weighted by Gasteiger charge is -2.23. The minimum Gasteiger partial charge on any atom is -0.382 e. The molecule has 2 aromatic rings. The van der Waals surface area contributed by atoms with Crippen molar-refractivity contribution >= 4 is 5.96 Å². The summed E-state index contributed by atoms with van der Waals surface area (Å²) in [5, 5.41) is 11.8. The molecule has 1 aromatic carbocycles. The van der Waals surface area contributed by atoms with Crippen LogP contribution >= 0.6 is 0 Å². The van der Waals surface area contributed by atoms with Gasteiger partial charge in [-0.2, -0.15) is 0 Å². The van der Waals surface area contributed by atoms with Crippen LogP contribution in [0.3, 0.4) is 0 Å². The van der Waals surface area contributed by atoms with Crippen molar-refractivity contribution in [1.29, 1.82) is 0 Å². The third-order valence-corrected chi connectivity index (χ3v) is 4.54. The van der Waals surface area contributed by atoms with Crippen molar-refractivity contribution in [2.24, 2.45) is 12.0 Å². The van der Waals surface area contributed by atoms with Crippen LogP contribution in [0.4, 0.5) is 0 Å². The summed E-state index contributed by atoms with van der Waals surface area (Å²) in [4.78, 5) is 6.92. The number of aryl methyl sites for hydroxylation is 2. The number of guanidine groups is 1. The Kier molecular flexibility index (Phi) is 8.26. The molecular weight excluding hydrogens is 340 g/mol. The summed E-state index contributed by atoms with van der Waals surface area (Å²) >= 11 is 0. The molecule has 0 aliphatic heterocycles. The number of hydrogen-bond acceptors (Lipinski definition) is 4. The second kappa shape index (κ2) is 10.7. The molecule has 148 valence electrons. The first-order valence-corrected chi connectivity index (χ1v) is 9.49. The highest BCUT2D eigenvalue weighted by Crippen LogP contribution is 2.10. The lowest BCUT2D eigenvalue weighted by molar-refractivity contribution is 0.145. The molecule has 0 spiro atoms. The van der Waals surface area contributed by atoms with Crippen molar-refractivity contribution in [1.82, 2.24) is 25.0 Å². The van der Waals surface area contributed by atoms with Gasteiger partial charge in [0.05, 0.1) is 0 Å². The number of aliphatic imine (C=N–C) groups is 1. The standard InChI is InChI=1S/C20H32N6O/c1-6-27-13-9-12-21-20(22-14-19-24-23-17(3)26(19)5)25(4)15-18-11-8-7-10-16(18)2/h7-8,10-11H,6,9,12-15H2,1-5H3,(H,21,22). The number of nitrogens with zero attached hydrogens (tertiary/aromatic N) is 5. The van der Waals surface area contributed by atoms with Gasteiger partial charge in [0.2, 0.25) is 0 Å². The van der Waals surface area contributed by atoms with E-state index in [9.17, 15) is 0 Å². The lowest BCUT2D eigenvalue weighted by atomic mass is 10.1. The Morgan fingerprint density at radius 3 is 2.70 bits per heavy atom. The Morgan fingerprint density at radius 2 is 2.04 bits per heavy atom. The molecule has 1 heterocycles. The summed E-state index contributed by atoms with van der Waals surface area (Å²) in [5.41, 5.74) is 2.57. The fraction of sp³-hybridized carbons (Fsp3) is 0.550. The molecule has 0 aliphatic carbocycles. The normalized spacial score (nSPS) is 11.7. The Labute approximate surface area is 162 Å². The number of benzene rings is 1. The van der Waals surface area contributed by atoms with Crippen LogP contribution in [0.2, 0.25) is 0 Å². The topological polar surface area (TPSA) is 67.6 Å². The van der Waals surface area contributed by atoms with E-state index in [1.54, 1.807) is 0 Å². The maximum absolute atomic E-state index is 5.42. The third kappa shape index (κ3) is 6.36. The van der Waals surface area contributed by atoms with Gasteiger partial charge in [0.1, 0.15) is 12.4 Å². The van der Waals surface area contributed by atoms with E-state index < -0.39 is 0 Å². The van der Waals surface area contributed by atoms with Crippen LogP contribution in [0.5, 0.6) is 0 Å². The molecule has 27 heavy (non-hydrogen) atoms. The first kappa shape index (κ1) is 20.9. The van der Waals surface area contributed by atoms with Gasteiger partial charge in [-0.25, -0.2) is 4.99 Å². The Morgan fingerprint density at radius 1 is 1.26 bits per heavy atom. The largest absolute Gasteiger partial charge is 0.382 e. The number of hydrogen-bond donors (Lipinski definition) is 1. The Bertz CT molecular complexity index is 740. The summed E-state index contributed by atoms with van der Waals surface area (Å²) in [7, 11) is 4.02. The maximum atomic E-state index is 5.42. The van der Waals surface area contributed by atoms with Crippen LogP contribution in [0, 0.1) is 13.8 Å². The fourth-order valence-corrected chi connectivity index (χ4v) is 2.68. The van der Waals surface area contributed by atoms with Crippen LogP contribution in [0.1, 0.15) is 36.1 Å². The zero-order chi connectivity index (χ0) is 19.6. The van der Waals surface area contributed by atoms with Crippen molar-refractivity contribution in [2.75, 3.05) is 26.8 Å². The van der Waals surface area contributed by atoms with E-state index in [4.69, 9.17) is 9.73 Å². The molecule has 1 aromatic heterocycles. The molecule has 0 atom stereocenters. The lowest BCUT2D eigenvalue weighted by Crippen LogP contribution is -2.39. The van der Waals surface area contributed by atoms with Crippen LogP contribution < -0.4 is 5.32 Å². The molecule has 2 rings (SSSR count). The zero-order valence-electron chi connectivity index (χ0n) is 17.2. The third-order valence-electron chi connectivity index (χ3n) is 4.54. The van der Waals surface area contributed by atoms with Crippen molar-refractivity contribution in [3.8, 4) is 0 Å². The summed E-state index contributed by atoms with van der Waals surface area (Å²) in [6.45, 7) is 9.69. The molecule has 0 radical (unpaired) electrons. The maximum Gasteiger partial charge on any atom is 0.194 e. The smallest absolute Gasteiger partial charge is 0.194 e. The highest BCUT2D eigenvalue weighted by molar-refractivity contribution is 5.79. The van der Waals surface area contributed by atoms with Gasteiger partial charge in [0, 0.05) is 40.4 Å². The van der Waals surface area contributed by atoms with E-state index in [2.05, 4.69) is 58.7 Å². The molecule has 7 heteroatoms. The van der Waals surface area contributed by atoms with Gasteiger partial charge in [-0.1, -0.05) is 24.3 Å². The molecule has 0 unspecified atom stereocenters. The predicted octanol–water partition coefficient (Wildman–Crippen LogP) is 2.44. The first-order valence-electron chi connectivity index (χ1n) is 9.49. The van der Waals surface area contributed by atoms with Crippen molar-refractivity contribution in [3.05, 3.63) is 47.0 Å². The minimum absolute atomic E-state index is 0.489. The van der Waals surface area contributed by atoms with Crippen LogP contribution in [0.15, 0.2) is 29.3 Å². The predicted molar refractivity (Wildman–Crippen MR) is 109 cm³/mol. The Balaban J connectivity index is 2.06. The number of ether oxygens (including phenoxy) is 1. The van der Waals surface area contributed by atoms with Gasteiger partial charge >= 0.3 is 0 Å². The van der Waals surface area contributed by atoms with Gasteiger partial charge < -0.3 is 19.5 Å². The van der Waals surface area contributed by atoms with Crippen molar-refractivity contribution in [2.45, 2.75) is 40.3 Å². The van der Waals surface area contributed by atoms with Crippen LogP contribution in [-0.2, 0) is 24.9 Å². The van der Waals surface area contributed by atoms with E-state index in [0.717, 1.165) is 50.3 Å². The quantitative estimate of drug-likeness (QED) is 0.416. The summed E-state index contributed by atoms with van der Waals surface area (Å²) in [5.74, 6) is 2.60. The van der Waals surface area contributed by atoms with Gasteiger partial charge in [-0.15, -0.1) is 10.2 Å². The molecule has 0 amide bonds. The van der Waals surface area contributed by atoms with E-state index >= 15 is 0 Å². The molecule has 0 aliphatic rings. The van der Waals surface area contributed by atoms with E-state index in [1.807, 2.05) is 25.5 Å². The highest BCUT2D eigenvalue weighted by atomic mass is 16.5. The van der Waals surface area contributed by atoms with Gasteiger partial charge in [-0.3, -0.25) is 0 Å². The monoisotopic (exact) mass is 372 g/mol. The summed E-state index contributed by atoms with van der Waals surface area (Å²) in [6, 6.07) is 8.43. The number of aromatic nitrogens is 3. The van der Waals surface area contributed by atoms with Crippen LogP contribution in [0.25, 0.3) is 0 Å². The molecule has 1 N–H and O–H groups in total. The van der Waals surface area contributed by atoms with Gasteiger partial charge in [0.25, 0.3) is 0 Å². The molecule has 0 bridgehead atoms. The molecular formula is C20H32N6O. The Hall–Kier alpha value is -2.41. The van der Waals surface area contributed by atoms with E-state index in [-0.39, 0.29) is 0 Å². The van der Waals surface area contributed by atoms with Crippen molar-refractivity contribution in [3.63, 3.8) is 0 Å². The van der Waals surface area contributed by atoms with Gasteiger partial charge in [0.15, 0.2) is 11.8 Å². The number of rotatable bonds is 9. The van der Waals surface area contributed by atoms with Crippen LogP contribution in [-0.4, -0.2) is 52.4 Å². The first-order chi connectivity index (χ1) is 13.0. The molecule has 0 saturated heterocycles. The zero-order valence-corrected chi connectivity index (χ0v) is 17.2. The van der Waals surface area contributed by atoms with E-state index in [0.29, 0.717) is 6.54 Å². The minimum atomic E-state index is 0.489. The van der Waals surface area contributed by atoms with E-state index in [1.165, 1.54) is 11.1 Å². The highest BCUT2D eigenvalue weighted by Gasteiger charge is 2.10. The number of nitrogens with one attached hydrogen (secondary N) is 1. The average Bonchev–Trinajstić information content (AvgIpc) is 2.97. The second-order valence-corrected chi connectivity index (χ2v) is 6.62. The average molecular weight is 373 g/mol. The molecule has 0 saturated carbocycles.